The Morgan fingerprint density at radius 3 is 2.87 bits per heavy atom. The number of hydrogen-bond donors (Lipinski definition) is 2. The molecule has 2 aromatic carbocycles. The second kappa shape index (κ2) is 6.84. The zero-order chi connectivity index (χ0) is 20.3. The molecule has 2 atom stereocenters. The van der Waals surface area contributed by atoms with Crippen LogP contribution in [0.4, 0.5) is 5.69 Å². The van der Waals surface area contributed by atoms with E-state index in [0.717, 1.165) is 55.7 Å². The van der Waals surface area contributed by atoms with Gasteiger partial charge in [0.15, 0.2) is 0 Å². The number of fused-ring (bicyclic) bond motifs is 3. The van der Waals surface area contributed by atoms with E-state index < -0.39 is 0 Å². The van der Waals surface area contributed by atoms with Gasteiger partial charge in [-0.25, -0.2) is 0 Å². The van der Waals surface area contributed by atoms with Crippen molar-refractivity contribution in [2.24, 2.45) is 0 Å². The molecule has 5 nitrogen and oxygen atoms in total. The van der Waals surface area contributed by atoms with Crippen LogP contribution in [0, 0.1) is 0 Å². The normalized spacial score (nSPS) is 26.2. The SMILES string of the molecule is O=C(c1cc2c(Cl)cccc2[nH]1)N1C[C@@]2(CCN(C3CCNC3)C2)c2ccccc21. The molecule has 2 fully saturated rings. The minimum absolute atomic E-state index is 0.0209. The molecule has 3 aliphatic rings. The van der Waals surface area contributed by atoms with Crippen LogP contribution in [0.15, 0.2) is 48.5 Å². The number of amides is 1. The van der Waals surface area contributed by atoms with Gasteiger partial charge >= 0.3 is 0 Å². The van der Waals surface area contributed by atoms with Gasteiger partial charge in [0.2, 0.25) is 0 Å². The van der Waals surface area contributed by atoms with Crippen LogP contribution in [0.1, 0.15) is 28.9 Å². The third-order valence-corrected chi connectivity index (χ3v) is 7.58. The number of aromatic amines is 1. The topological polar surface area (TPSA) is 51.4 Å². The predicted molar refractivity (Wildman–Crippen MR) is 121 cm³/mol. The van der Waals surface area contributed by atoms with Gasteiger partial charge < -0.3 is 15.2 Å². The maximum absolute atomic E-state index is 13.6. The summed E-state index contributed by atoms with van der Waals surface area (Å²) >= 11 is 6.34. The lowest BCUT2D eigenvalue weighted by Gasteiger charge is -2.28. The summed E-state index contributed by atoms with van der Waals surface area (Å²) in [4.78, 5) is 21.5. The third kappa shape index (κ3) is 2.73. The molecule has 6 rings (SSSR count). The van der Waals surface area contributed by atoms with Gasteiger partial charge in [-0.05, 0) is 55.8 Å². The highest BCUT2D eigenvalue weighted by molar-refractivity contribution is 6.35. The van der Waals surface area contributed by atoms with Gasteiger partial charge in [-0.2, -0.15) is 0 Å². The van der Waals surface area contributed by atoms with Crippen molar-refractivity contribution in [2.45, 2.75) is 24.3 Å². The Bertz CT molecular complexity index is 1140. The number of carbonyl (C=O) groups is 1. The Hall–Kier alpha value is -2.34. The molecule has 0 saturated carbocycles. The van der Waals surface area contributed by atoms with E-state index in [9.17, 15) is 4.79 Å². The average molecular weight is 421 g/mol. The quantitative estimate of drug-likeness (QED) is 0.663. The van der Waals surface area contributed by atoms with Gasteiger partial charge in [-0.3, -0.25) is 9.69 Å². The molecule has 1 amide bonds. The van der Waals surface area contributed by atoms with Crippen molar-refractivity contribution in [3.8, 4) is 0 Å². The minimum Gasteiger partial charge on any atom is -0.350 e. The molecule has 30 heavy (non-hydrogen) atoms. The van der Waals surface area contributed by atoms with Gasteiger partial charge in [0.25, 0.3) is 5.91 Å². The number of benzene rings is 2. The summed E-state index contributed by atoms with van der Waals surface area (Å²) in [6.45, 7) is 5.06. The van der Waals surface area contributed by atoms with Crippen LogP contribution in [0.3, 0.4) is 0 Å². The average Bonchev–Trinajstić information content (AvgIpc) is 3.55. The molecule has 0 aliphatic carbocycles. The van der Waals surface area contributed by atoms with Crippen molar-refractivity contribution in [1.82, 2.24) is 15.2 Å². The van der Waals surface area contributed by atoms with E-state index in [1.807, 2.05) is 35.2 Å². The van der Waals surface area contributed by atoms with Crippen LogP contribution in [0.25, 0.3) is 10.9 Å². The zero-order valence-corrected chi connectivity index (χ0v) is 17.6. The maximum atomic E-state index is 13.6. The first kappa shape index (κ1) is 18.4. The van der Waals surface area contributed by atoms with Gasteiger partial charge in [0.1, 0.15) is 5.69 Å². The lowest BCUT2D eigenvalue weighted by atomic mass is 9.81. The van der Waals surface area contributed by atoms with Crippen molar-refractivity contribution in [2.75, 3.05) is 37.6 Å². The second-order valence-electron chi connectivity index (χ2n) is 8.94. The fourth-order valence-electron chi connectivity index (χ4n) is 5.71. The molecular weight excluding hydrogens is 396 g/mol. The summed E-state index contributed by atoms with van der Waals surface area (Å²) in [5.41, 5.74) is 3.90. The van der Waals surface area contributed by atoms with Crippen LogP contribution in [0.2, 0.25) is 5.02 Å². The smallest absolute Gasteiger partial charge is 0.274 e. The lowest BCUT2D eigenvalue weighted by Crippen LogP contribution is -2.41. The summed E-state index contributed by atoms with van der Waals surface area (Å²) in [6.07, 6.45) is 2.32. The molecule has 0 radical (unpaired) electrons. The van der Waals surface area contributed by atoms with E-state index in [1.165, 1.54) is 12.0 Å². The molecule has 2 N–H and O–H groups in total. The second-order valence-corrected chi connectivity index (χ2v) is 9.35. The van der Waals surface area contributed by atoms with Crippen LogP contribution < -0.4 is 10.2 Å². The molecule has 0 bridgehead atoms. The first-order chi connectivity index (χ1) is 14.6. The number of aromatic nitrogens is 1. The number of carbonyl (C=O) groups excluding carboxylic acids is 1. The van der Waals surface area contributed by atoms with Crippen LogP contribution in [-0.2, 0) is 5.41 Å². The number of hydrogen-bond acceptors (Lipinski definition) is 3. The Kier molecular flexibility index (Phi) is 4.20. The van der Waals surface area contributed by atoms with Crippen molar-refractivity contribution in [1.29, 1.82) is 0 Å². The van der Waals surface area contributed by atoms with E-state index >= 15 is 0 Å². The summed E-state index contributed by atoms with van der Waals surface area (Å²) in [7, 11) is 0. The van der Waals surface area contributed by atoms with Crippen molar-refractivity contribution in [3.05, 3.63) is 64.8 Å². The Morgan fingerprint density at radius 2 is 2.03 bits per heavy atom. The number of nitrogens with zero attached hydrogens (tertiary/aromatic N) is 2. The Morgan fingerprint density at radius 1 is 1.13 bits per heavy atom. The molecular formula is C24H25ClN4O. The number of anilines is 1. The van der Waals surface area contributed by atoms with Gasteiger partial charge in [0.05, 0.1) is 0 Å². The maximum Gasteiger partial charge on any atom is 0.274 e. The monoisotopic (exact) mass is 420 g/mol. The van der Waals surface area contributed by atoms with E-state index in [1.54, 1.807) is 0 Å². The molecule has 154 valence electrons. The largest absolute Gasteiger partial charge is 0.350 e. The predicted octanol–water partition coefficient (Wildman–Crippen LogP) is 3.79. The van der Waals surface area contributed by atoms with Gasteiger partial charge in [0, 0.05) is 52.7 Å². The molecule has 1 unspecified atom stereocenters. The number of rotatable bonds is 2. The standard InChI is InChI=1S/C24H25ClN4O/c25-19-5-3-6-20-17(19)12-21(27-20)23(30)29-15-24(18-4-1-2-7-22(18)29)9-11-28(14-24)16-8-10-26-13-16/h1-7,12,16,26-27H,8-11,13-15H2/t16?,24-/m0/s1. The minimum atomic E-state index is 0.0209. The first-order valence-corrected chi connectivity index (χ1v) is 11.2. The molecule has 1 spiro atoms. The fourth-order valence-corrected chi connectivity index (χ4v) is 5.94. The first-order valence-electron chi connectivity index (χ1n) is 10.8. The number of nitrogens with one attached hydrogen (secondary N) is 2. The van der Waals surface area contributed by atoms with Gasteiger partial charge in [-0.1, -0.05) is 35.9 Å². The Balaban J connectivity index is 1.35. The number of likely N-dealkylation sites (tertiary alicyclic amines) is 1. The van der Waals surface area contributed by atoms with E-state index in [-0.39, 0.29) is 11.3 Å². The number of para-hydroxylation sites is 1. The fraction of sp³-hybridized carbons (Fsp3) is 0.375. The van der Waals surface area contributed by atoms with Gasteiger partial charge in [-0.15, -0.1) is 0 Å². The van der Waals surface area contributed by atoms with E-state index in [4.69, 9.17) is 11.6 Å². The van der Waals surface area contributed by atoms with E-state index in [2.05, 4.69) is 33.4 Å². The van der Waals surface area contributed by atoms with Crippen LogP contribution >= 0.6 is 11.6 Å². The molecule has 4 heterocycles. The summed E-state index contributed by atoms with van der Waals surface area (Å²) in [5.74, 6) is 0.0209. The molecule has 1 aromatic heterocycles. The van der Waals surface area contributed by atoms with E-state index in [0.29, 0.717) is 16.8 Å². The van der Waals surface area contributed by atoms with Crippen molar-refractivity contribution < 1.29 is 4.79 Å². The lowest BCUT2D eigenvalue weighted by molar-refractivity contribution is 0.0980. The van der Waals surface area contributed by atoms with Crippen LogP contribution in [0.5, 0.6) is 0 Å². The molecule has 6 heteroatoms. The molecule has 3 aromatic rings. The highest BCUT2D eigenvalue weighted by atomic mass is 35.5. The molecule has 2 saturated heterocycles. The summed E-state index contributed by atoms with van der Waals surface area (Å²) in [5, 5.41) is 5.05. The Labute approximate surface area is 181 Å². The van der Waals surface area contributed by atoms with Crippen molar-refractivity contribution >= 4 is 34.1 Å². The summed E-state index contributed by atoms with van der Waals surface area (Å²) < 4.78 is 0. The highest BCUT2D eigenvalue weighted by Gasteiger charge is 2.50. The third-order valence-electron chi connectivity index (χ3n) is 7.25. The highest BCUT2D eigenvalue weighted by Crippen LogP contribution is 2.47. The van der Waals surface area contributed by atoms with Crippen molar-refractivity contribution in [3.63, 3.8) is 0 Å². The zero-order valence-electron chi connectivity index (χ0n) is 16.8. The molecule has 3 aliphatic heterocycles. The van der Waals surface area contributed by atoms with Crippen LogP contribution in [-0.4, -0.2) is 54.6 Å². The number of H-pyrrole nitrogens is 1. The summed E-state index contributed by atoms with van der Waals surface area (Å²) in [6, 6.07) is 16.7. The number of halogens is 1.